The third-order valence-electron chi connectivity index (χ3n) is 5.55. The van der Waals surface area contributed by atoms with Gasteiger partial charge in [-0.2, -0.15) is 0 Å². The second-order valence-electron chi connectivity index (χ2n) is 7.14. The molecule has 7 heteroatoms. The maximum atomic E-state index is 13.2. The number of aromatic nitrogens is 3. The molecule has 1 saturated heterocycles. The van der Waals surface area contributed by atoms with Crippen LogP contribution in [0.25, 0.3) is 10.9 Å². The maximum absolute atomic E-state index is 13.2. The minimum Gasteiger partial charge on any atom is -0.497 e. The number of piperazine rings is 1. The van der Waals surface area contributed by atoms with E-state index in [1.807, 2.05) is 38.2 Å². The number of carbonyl (C=O) groups excluding carboxylic acids is 1. The van der Waals surface area contributed by atoms with E-state index in [4.69, 9.17) is 4.74 Å². The van der Waals surface area contributed by atoms with E-state index in [1.165, 1.54) is 0 Å². The molecule has 1 aliphatic heterocycles. The lowest BCUT2D eigenvalue weighted by Gasteiger charge is -2.34. The number of ketones is 1. The molecule has 1 fully saturated rings. The quantitative estimate of drug-likeness (QED) is 0.634. The lowest BCUT2D eigenvalue weighted by molar-refractivity contribution is 0.0927. The molecule has 0 radical (unpaired) electrons. The molecule has 0 saturated carbocycles. The minimum atomic E-state index is 0.153. The Morgan fingerprint density at radius 2 is 1.86 bits per heavy atom. The zero-order valence-corrected chi connectivity index (χ0v) is 16.6. The molecule has 7 nitrogen and oxygen atoms in total. The molecule has 2 aromatic heterocycles. The van der Waals surface area contributed by atoms with Crippen LogP contribution in [0.4, 0.5) is 5.95 Å². The normalized spacial score (nSPS) is 15.2. The number of carbonyl (C=O) groups is 1. The van der Waals surface area contributed by atoms with Crippen LogP contribution >= 0.6 is 0 Å². The Balaban J connectivity index is 1.50. The molecule has 0 spiro atoms. The zero-order valence-electron chi connectivity index (χ0n) is 16.6. The van der Waals surface area contributed by atoms with Gasteiger partial charge in [-0.15, -0.1) is 0 Å². The summed E-state index contributed by atoms with van der Waals surface area (Å²) in [7, 11) is 3.65. The molecule has 0 bridgehead atoms. The second-order valence-corrected chi connectivity index (χ2v) is 7.14. The highest BCUT2D eigenvalue weighted by molar-refractivity contribution is 6.10. The Labute approximate surface area is 164 Å². The summed E-state index contributed by atoms with van der Waals surface area (Å²) in [5.41, 5.74) is 2.84. The van der Waals surface area contributed by atoms with Crippen molar-refractivity contribution in [2.24, 2.45) is 7.05 Å². The first kappa shape index (κ1) is 18.4. The summed E-state index contributed by atoms with van der Waals surface area (Å²) in [6.45, 7) is 5.69. The third-order valence-corrected chi connectivity index (χ3v) is 5.55. The number of anilines is 1. The van der Waals surface area contributed by atoms with Crippen LogP contribution in [0, 0.1) is 6.92 Å². The van der Waals surface area contributed by atoms with Gasteiger partial charge in [0.15, 0.2) is 5.78 Å². The number of benzene rings is 1. The lowest BCUT2D eigenvalue weighted by Crippen LogP contribution is -2.48. The number of nitrogens with zero attached hydrogens (tertiary/aromatic N) is 5. The standard InChI is InChI=1S/C21H25N5O2/c1-15-20(17-13-16(28-3)5-6-18(17)24(15)2)19(27)14-25-9-11-26(12-10-25)21-22-7-4-8-23-21/h4-8,13H,9-12,14H2,1-3H3. The minimum absolute atomic E-state index is 0.153. The number of fused-ring (bicyclic) bond motifs is 1. The van der Waals surface area contributed by atoms with Gasteiger partial charge < -0.3 is 14.2 Å². The van der Waals surface area contributed by atoms with Crippen LogP contribution in [-0.4, -0.2) is 65.1 Å². The summed E-state index contributed by atoms with van der Waals surface area (Å²) in [4.78, 5) is 26.2. The van der Waals surface area contributed by atoms with Crippen molar-refractivity contribution in [3.8, 4) is 5.75 Å². The topological polar surface area (TPSA) is 63.5 Å². The van der Waals surface area contributed by atoms with Crippen LogP contribution in [0.5, 0.6) is 5.75 Å². The average molecular weight is 379 g/mol. The van der Waals surface area contributed by atoms with E-state index in [9.17, 15) is 4.79 Å². The van der Waals surface area contributed by atoms with Crippen molar-refractivity contribution in [2.75, 3.05) is 44.7 Å². The van der Waals surface area contributed by atoms with E-state index in [0.29, 0.717) is 6.54 Å². The number of rotatable bonds is 5. The smallest absolute Gasteiger partial charge is 0.225 e. The fourth-order valence-corrected chi connectivity index (χ4v) is 3.87. The molecule has 28 heavy (non-hydrogen) atoms. The monoisotopic (exact) mass is 379 g/mol. The largest absolute Gasteiger partial charge is 0.497 e. The molecule has 146 valence electrons. The molecule has 0 amide bonds. The summed E-state index contributed by atoms with van der Waals surface area (Å²) in [6.07, 6.45) is 3.52. The molecule has 0 unspecified atom stereocenters. The molecule has 3 aromatic rings. The molecular formula is C21H25N5O2. The summed E-state index contributed by atoms with van der Waals surface area (Å²) < 4.78 is 7.44. The van der Waals surface area contributed by atoms with E-state index in [-0.39, 0.29) is 5.78 Å². The summed E-state index contributed by atoms with van der Waals surface area (Å²) in [5, 5.41) is 0.959. The van der Waals surface area contributed by atoms with Gasteiger partial charge in [0.25, 0.3) is 0 Å². The molecular weight excluding hydrogens is 354 g/mol. The Hall–Kier alpha value is -2.93. The number of hydrogen-bond acceptors (Lipinski definition) is 6. The first-order valence-corrected chi connectivity index (χ1v) is 9.49. The van der Waals surface area contributed by atoms with Gasteiger partial charge in [-0.3, -0.25) is 9.69 Å². The summed E-state index contributed by atoms with van der Waals surface area (Å²) in [5.74, 6) is 1.68. The van der Waals surface area contributed by atoms with Gasteiger partial charge in [-0.1, -0.05) is 0 Å². The van der Waals surface area contributed by atoms with E-state index >= 15 is 0 Å². The van der Waals surface area contributed by atoms with Gasteiger partial charge in [0.1, 0.15) is 5.75 Å². The summed E-state index contributed by atoms with van der Waals surface area (Å²) >= 11 is 0. The van der Waals surface area contributed by atoms with Gasteiger partial charge in [0.05, 0.1) is 13.7 Å². The first-order valence-electron chi connectivity index (χ1n) is 9.49. The summed E-state index contributed by atoms with van der Waals surface area (Å²) in [6, 6.07) is 7.72. The fraction of sp³-hybridized carbons (Fsp3) is 0.381. The predicted octanol–water partition coefficient (Wildman–Crippen LogP) is 2.29. The zero-order chi connectivity index (χ0) is 19.7. The maximum Gasteiger partial charge on any atom is 0.225 e. The van der Waals surface area contributed by atoms with Gasteiger partial charge >= 0.3 is 0 Å². The number of aryl methyl sites for hydroxylation is 1. The number of methoxy groups -OCH3 is 1. The van der Waals surface area contributed by atoms with Gasteiger partial charge in [0.2, 0.25) is 5.95 Å². The van der Waals surface area contributed by atoms with Crippen molar-refractivity contribution < 1.29 is 9.53 Å². The highest BCUT2D eigenvalue weighted by Crippen LogP contribution is 2.29. The van der Waals surface area contributed by atoms with Crippen LogP contribution in [0.1, 0.15) is 16.1 Å². The fourth-order valence-electron chi connectivity index (χ4n) is 3.87. The van der Waals surface area contributed by atoms with E-state index in [1.54, 1.807) is 19.5 Å². The average Bonchev–Trinajstić information content (AvgIpc) is 2.99. The molecule has 3 heterocycles. The lowest BCUT2D eigenvalue weighted by atomic mass is 10.1. The molecule has 4 rings (SSSR count). The third kappa shape index (κ3) is 3.33. The predicted molar refractivity (Wildman–Crippen MR) is 109 cm³/mol. The van der Waals surface area contributed by atoms with Gasteiger partial charge in [-0.05, 0) is 31.2 Å². The second kappa shape index (κ2) is 7.59. The first-order chi connectivity index (χ1) is 13.6. The Kier molecular flexibility index (Phi) is 5.00. The van der Waals surface area contributed by atoms with Crippen LogP contribution in [0.2, 0.25) is 0 Å². The van der Waals surface area contributed by atoms with E-state index in [0.717, 1.165) is 60.0 Å². The highest BCUT2D eigenvalue weighted by atomic mass is 16.5. The highest BCUT2D eigenvalue weighted by Gasteiger charge is 2.24. The van der Waals surface area contributed by atoms with Crippen LogP contribution < -0.4 is 9.64 Å². The van der Waals surface area contributed by atoms with E-state index < -0.39 is 0 Å². The molecule has 1 aromatic carbocycles. The molecule has 0 atom stereocenters. The van der Waals surface area contributed by atoms with Crippen molar-refractivity contribution >= 4 is 22.6 Å². The SMILES string of the molecule is COc1ccc2c(c1)c(C(=O)CN1CCN(c3ncccn3)CC1)c(C)n2C. The van der Waals surface area contributed by atoms with Crippen molar-refractivity contribution in [3.63, 3.8) is 0 Å². The molecule has 1 aliphatic rings. The number of Topliss-reactive ketones (excluding diaryl/α,β-unsaturated/α-hetero) is 1. The van der Waals surface area contributed by atoms with Crippen molar-refractivity contribution in [1.82, 2.24) is 19.4 Å². The Morgan fingerprint density at radius 1 is 1.14 bits per heavy atom. The van der Waals surface area contributed by atoms with Gasteiger partial charge in [-0.25, -0.2) is 9.97 Å². The molecule has 0 N–H and O–H groups in total. The molecule has 0 aliphatic carbocycles. The van der Waals surface area contributed by atoms with Crippen molar-refractivity contribution in [1.29, 1.82) is 0 Å². The van der Waals surface area contributed by atoms with Crippen molar-refractivity contribution in [3.05, 3.63) is 47.9 Å². The number of hydrogen-bond donors (Lipinski definition) is 0. The van der Waals surface area contributed by atoms with Crippen LogP contribution in [-0.2, 0) is 7.05 Å². The van der Waals surface area contributed by atoms with Crippen molar-refractivity contribution in [2.45, 2.75) is 6.92 Å². The van der Waals surface area contributed by atoms with E-state index in [2.05, 4.69) is 24.3 Å². The van der Waals surface area contributed by atoms with Crippen LogP contribution in [0.15, 0.2) is 36.7 Å². The van der Waals surface area contributed by atoms with Gasteiger partial charge in [0, 0.05) is 67.8 Å². The Bertz CT molecular complexity index is 991. The number of ether oxygens (including phenoxy) is 1. The van der Waals surface area contributed by atoms with Crippen LogP contribution in [0.3, 0.4) is 0 Å². The Morgan fingerprint density at radius 3 is 2.54 bits per heavy atom.